The zero-order chi connectivity index (χ0) is 27.4. The lowest BCUT2D eigenvalue weighted by molar-refractivity contribution is -0.127. The van der Waals surface area contributed by atoms with Gasteiger partial charge in [-0.3, -0.25) is 9.69 Å². The molecule has 2 aromatic rings. The van der Waals surface area contributed by atoms with E-state index in [1.54, 1.807) is 0 Å². The Balaban J connectivity index is 1.21. The molecule has 0 bridgehead atoms. The molecule has 2 aliphatic carbocycles. The van der Waals surface area contributed by atoms with E-state index in [4.69, 9.17) is 5.73 Å². The zero-order valence-electron chi connectivity index (χ0n) is 23.7. The van der Waals surface area contributed by atoms with Gasteiger partial charge in [0, 0.05) is 38.6 Å². The third-order valence-electron chi connectivity index (χ3n) is 9.46. The lowest BCUT2D eigenvalue weighted by Gasteiger charge is -2.38. The number of piperazine rings is 1. The van der Waals surface area contributed by atoms with Crippen molar-refractivity contribution >= 4 is 5.91 Å². The Morgan fingerprint density at radius 3 is 2.18 bits per heavy atom. The van der Waals surface area contributed by atoms with Gasteiger partial charge in [-0.2, -0.15) is 5.26 Å². The fourth-order valence-corrected chi connectivity index (χ4v) is 6.45. The lowest BCUT2D eigenvalue weighted by Crippen LogP contribution is -2.57. The standard InChI is InChI=1S/C33H45N5O/c1-24-20-29(24)22-31(38-18-16-37(2)17-19-38)28-12-10-27(11-13-28)26-8-6-25(7-9-26)21-30(23-34)36-32(39)33(35)14-4-3-5-15-33/h6-13,24,29-31H,3-5,14-22,35H2,1-2H3,(H,36,39). The van der Waals surface area contributed by atoms with E-state index in [1.165, 1.54) is 24.0 Å². The number of hydrogen-bond donors (Lipinski definition) is 2. The molecule has 3 N–H and O–H groups in total. The van der Waals surface area contributed by atoms with Gasteiger partial charge in [0.05, 0.1) is 11.6 Å². The summed E-state index contributed by atoms with van der Waals surface area (Å²) in [4.78, 5) is 17.9. The number of nitriles is 1. The Kier molecular flexibility index (Phi) is 8.71. The van der Waals surface area contributed by atoms with Crippen LogP contribution in [0.2, 0.25) is 0 Å². The minimum atomic E-state index is -0.830. The van der Waals surface area contributed by atoms with Crippen molar-refractivity contribution in [1.29, 1.82) is 5.26 Å². The Hall–Kier alpha value is -2.72. The first-order valence-electron chi connectivity index (χ1n) is 15.0. The van der Waals surface area contributed by atoms with Gasteiger partial charge in [0.1, 0.15) is 6.04 Å². The van der Waals surface area contributed by atoms with Gasteiger partial charge < -0.3 is 16.0 Å². The normalized spacial score (nSPS) is 24.9. The van der Waals surface area contributed by atoms with Gasteiger partial charge in [-0.1, -0.05) is 74.7 Å². The molecule has 2 saturated carbocycles. The second kappa shape index (κ2) is 12.2. The van der Waals surface area contributed by atoms with E-state index < -0.39 is 11.6 Å². The summed E-state index contributed by atoms with van der Waals surface area (Å²) in [5.41, 5.74) is 10.4. The van der Waals surface area contributed by atoms with Crippen LogP contribution in [0.15, 0.2) is 48.5 Å². The molecule has 2 aromatic carbocycles. The van der Waals surface area contributed by atoms with Crippen LogP contribution >= 0.6 is 0 Å². The molecule has 4 unspecified atom stereocenters. The van der Waals surface area contributed by atoms with Crippen LogP contribution in [0.1, 0.15) is 69.0 Å². The van der Waals surface area contributed by atoms with Gasteiger partial charge in [0.25, 0.3) is 0 Å². The van der Waals surface area contributed by atoms with Gasteiger partial charge in [0.2, 0.25) is 5.91 Å². The summed E-state index contributed by atoms with van der Waals surface area (Å²) in [6, 6.07) is 19.7. The number of nitrogens with zero attached hydrogens (tertiary/aromatic N) is 3. The summed E-state index contributed by atoms with van der Waals surface area (Å²) >= 11 is 0. The van der Waals surface area contributed by atoms with Crippen molar-refractivity contribution < 1.29 is 4.79 Å². The van der Waals surface area contributed by atoms with Crippen LogP contribution in [-0.4, -0.2) is 60.5 Å². The van der Waals surface area contributed by atoms with Crippen molar-refractivity contribution in [2.75, 3.05) is 33.2 Å². The average molecular weight is 528 g/mol. The maximum Gasteiger partial charge on any atom is 0.241 e. The Morgan fingerprint density at radius 1 is 1.03 bits per heavy atom. The summed E-state index contributed by atoms with van der Waals surface area (Å²) in [6.07, 6.45) is 7.57. The molecular formula is C33H45N5O. The zero-order valence-corrected chi connectivity index (χ0v) is 23.7. The summed E-state index contributed by atoms with van der Waals surface area (Å²) in [5, 5.41) is 12.6. The SMILES string of the molecule is CC1CC1CC(c1ccc(-c2ccc(CC(C#N)NC(=O)C3(N)CCCCC3)cc2)cc1)N1CCN(C)CC1. The van der Waals surface area contributed by atoms with Crippen molar-refractivity contribution in [3.8, 4) is 17.2 Å². The predicted octanol–water partition coefficient (Wildman–Crippen LogP) is 4.90. The van der Waals surface area contributed by atoms with Gasteiger partial charge in [-0.05, 0) is 66.8 Å². The van der Waals surface area contributed by atoms with Crippen molar-refractivity contribution in [2.45, 2.75) is 75.9 Å². The Labute approximate surface area is 234 Å². The molecular weight excluding hydrogens is 482 g/mol. The summed E-state index contributed by atoms with van der Waals surface area (Å²) in [7, 11) is 2.22. The van der Waals surface area contributed by atoms with Gasteiger partial charge in [-0.25, -0.2) is 0 Å². The molecule has 0 aromatic heterocycles. The fraction of sp³-hybridized carbons (Fsp3) is 0.576. The third-order valence-corrected chi connectivity index (χ3v) is 9.46. The van der Waals surface area contributed by atoms with Gasteiger partial charge in [-0.15, -0.1) is 0 Å². The fourth-order valence-electron chi connectivity index (χ4n) is 6.45. The van der Waals surface area contributed by atoms with Crippen molar-refractivity contribution in [3.05, 3.63) is 59.7 Å². The number of hydrogen-bond acceptors (Lipinski definition) is 5. The quantitative estimate of drug-likeness (QED) is 0.485. The minimum absolute atomic E-state index is 0.184. The van der Waals surface area contributed by atoms with Crippen LogP contribution in [0, 0.1) is 23.2 Å². The van der Waals surface area contributed by atoms with Crippen LogP contribution in [0.25, 0.3) is 11.1 Å². The first kappa shape index (κ1) is 27.8. The Morgan fingerprint density at radius 2 is 1.62 bits per heavy atom. The van der Waals surface area contributed by atoms with E-state index in [0.29, 0.717) is 25.3 Å². The number of nitrogens with two attached hydrogens (primary N) is 1. The van der Waals surface area contributed by atoms with E-state index in [0.717, 1.165) is 68.4 Å². The van der Waals surface area contributed by atoms with Crippen LogP contribution in [0.5, 0.6) is 0 Å². The highest BCUT2D eigenvalue weighted by Crippen LogP contribution is 2.45. The number of nitrogens with one attached hydrogen (secondary N) is 1. The first-order chi connectivity index (χ1) is 18.8. The highest BCUT2D eigenvalue weighted by molar-refractivity contribution is 5.86. The second-order valence-electron chi connectivity index (χ2n) is 12.5. The monoisotopic (exact) mass is 527 g/mol. The van der Waals surface area contributed by atoms with E-state index in [2.05, 4.69) is 83.7 Å². The third kappa shape index (κ3) is 6.90. The molecule has 3 aliphatic rings. The van der Waals surface area contributed by atoms with Crippen LogP contribution in [0.3, 0.4) is 0 Å². The van der Waals surface area contributed by atoms with Crippen LogP contribution in [0.4, 0.5) is 0 Å². The van der Waals surface area contributed by atoms with E-state index in [9.17, 15) is 10.1 Å². The number of amides is 1. The molecule has 0 spiro atoms. The number of rotatable bonds is 9. The van der Waals surface area contributed by atoms with Crippen LogP contribution < -0.4 is 11.1 Å². The molecule has 1 aliphatic heterocycles. The molecule has 3 fully saturated rings. The smallest absolute Gasteiger partial charge is 0.241 e. The highest BCUT2D eigenvalue weighted by atomic mass is 16.2. The largest absolute Gasteiger partial charge is 0.338 e. The maximum absolute atomic E-state index is 12.8. The summed E-state index contributed by atoms with van der Waals surface area (Å²) < 4.78 is 0. The van der Waals surface area contributed by atoms with Crippen LogP contribution in [-0.2, 0) is 11.2 Å². The molecule has 1 heterocycles. The summed E-state index contributed by atoms with van der Waals surface area (Å²) in [6.45, 7) is 6.95. The molecule has 6 nitrogen and oxygen atoms in total. The highest BCUT2D eigenvalue weighted by Gasteiger charge is 2.37. The molecule has 5 rings (SSSR count). The first-order valence-corrected chi connectivity index (χ1v) is 15.0. The van der Waals surface area contributed by atoms with E-state index >= 15 is 0 Å². The maximum atomic E-state index is 12.8. The molecule has 39 heavy (non-hydrogen) atoms. The Bertz CT molecular complexity index is 1140. The van der Waals surface area contributed by atoms with Gasteiger partial charge in [0.15, 0.2) is 0 Å². The van der Waals surface area contributed by atoms with Gasteiger partial charge >= 0.3 is 0 Å². The molecule has 6 heteroatoms. The van der Waals surface area contributed by atoms with Crippen molar-refractivity contribution in [2.24, 2.45) is 17.6 Å². The molecule has 1 saturated heterocycles. The average Bonchev–Trinajstić information content (AvgIpc) is 3.67. The number of carbonyl (C=O) groups is 1. The molecule has 0 radical (unpaired) electrons. The second-order valence-corrected chi connectivity index (χ2v) is 12.5. The van der Waals surface area contributed by atoms with Crippen molar-refractivity contribution in [1.82, 2.24) is 15.1 Å². The van der Waals surface area contributed by atoms with E-state index in [-0.39, 0.29) is 5.91 Å². The minimum Gasteiger partial charge on any atom is -0.338 e. The topological polar surface area (TPSA) is 85.4 Å². The summed E-state index contributed by atoms with van der Waals surface area (Å²) in [5.74, 6) is 1.55. The lowest BCUT2D eigenvalue weighted by atomic mass is 9.81. The molecule has 208 valence electrons. The number of benzene rings is 2. The van der Waals surface area contributed by atoms with E-state index in [1.807, 2.05) is 0 Å². The van der Waals surface area contributed by atoms with Crippen molar-refractivity contribution in [3.63, 3.8) is 0 Å². The molecule has 1 amide bonds. The predicted molar refractivity (Wildman–Crippen MR) is 157 cm³/mol. The molecule has 4 atom stereocenters. The number of likely N-dealkylation sites (N-methyl/N-ethyl adjacent to an activating group) is 1. The number of carbonyl (C=O) groups excluding carboxylic acids is 1.